The summed E-state index contributed by atoms with van der Waals surface area (Å²) in [5.41, 5.74) is 3.40. The average Bonchev–Trinajstić information content (AvgIpc) is 3.48. The van der Waals surface area contributed by atoms with Gasteiger partial charge in [-0.05, 0) is 50.6 Å². The monoisotopic (exact) mass is 511 g/mol. The van der Waals surface area contributed by atoms with Crippen LogP contribution in [0.2, 0.25) is 0 Å². The summed E-state index contributed by atoms with van der Waals surface area (Å²) in [7, 11) is 0. The van der Waals surface area contributed by atoms with Gasteiger partial charge in [-0.25, -0.2) is 14.6 Å². The number of carboxylic acids is 1. The molecule has 38 heavy (non-hydrogen) atoms. The Morgan fingerprint density at radius 3 is 2.45 bits per heavy atom. The second-order valence-corrected chi connectivity index (χ2v) is 8.91. The van der Waals surface area contributed by atoms with Crippen LogP contribution < -0.4 is 16.5 Å². The Morgan fingerprint density at radius 1 is 1.08 bits per heavy atom. The van der Waals surface area contributed by atoms with Crippen molar-refractivity contribution in [1.29, 1.82) is 0 Å². The molecule has 2 N–H and O–H groups in total. The van der Waals surface area contributed by atoms with Gasteiger partial charge in [0, 0.05) is 11.6 Å². The highest BCUT2D eigenvalue weighted by Crippen LogP contribution is 2.30. The van der Waals surface area contributed by atoms with E-state index in [2.05, 4.69) is 9.98 Å². The Hall–Kier alpha value is -4.92. The van der Waals surface area contributed by atoms with Gasteiger partial charge in [0.1, 0.15) is 16.9 Å². The Labute approximate surface area is 217 Å². The lowest BCUT2D eigenvalue weighted by Gasteiger charge is -2.24. The Bertz CT molecular complexity index is 1750. The van der Waals surface area contributed by atoms with Gasteiger partial charge in [-0.1, -0.05) is 42.0 Å². The molecular formula is C29H25N3O6. The molecule has 2 aromatic heterocycles. The lowest BCUT2D eigenvalue weighted by molar-refractivity contribution is -0.139. The van der Waals surface area contributed by atoms with E-state index in [9.17, 15) is 14.4 Å². The predicted octanol–water partition coefficient (Wildman–Crippen LogP) is 3.33. The van der Waals surface area contributed by atoms with Crippen molar-refractivity contribution in [2.45, 2.75) is 26.8 Å². The summed E-state index contributed by atoms with van der Waals surface area (Å²) in [5.74, 6) is -0.589. The number of fused-ring (bicyclic) bond motifs is 1. The molecule has 1 atom stereocenters. The summed E-state index contributed by atoms with van der Waals surface area (Å²) in [6.45, 7) is 5.62. The van der Waals surface area contributed by atoms with E-state index in [-0.39, 0.29) is 23.1 Å². The van der Waals surface area contributed by atoms with Gasteiger partial charge < -0.3 is 19.2 Å². The number of aromatic carboxylic acids is 1. The van der Waals surface area contributed by atoms with Gasteiger partial charge in [0.15, 0.2) is 0 Å². The third-order valence-corrected chi connectivity index (χ3v) is 6.34. The molecule has 3 heterocycles. The number of carbonyl (C=O) groups excluding carboxylic acids is 1. The van der Waals surface area contributed by atoms with Crippen LogP contribution >= 0.6 is 0 Å². The molecule has 0 saturated heterocycles. The van der Waals surface area contributed by atoms with Crippen LogP contribution in [0.4, 0.5) is 0 Å². The second kappa shape index (κ2) is 9.85. The number of imidazole rings is 1. The minimum Gasteiger partial charge on any atom is -0.478 e. The third-order valence-electron chi connectivity index (χ3n) is 6.34. The number of hydrogen-bond donors (Lipinski definition) is 2. The number of nitrogens with one attached hydrogen (secondary N) is 1. The number of hydrogen-bond acceptors (Lipinski definition) is 6. The summed E-state index contributed by atoms with van der Waals surface area (Å²) >= 11 is 0. The third kappa shape index (κ3) is 4.50. The highest BCUT2D eigenvalue weighted by Gasteiger charge is 2.33. The van der Waals surface area contributed by atoms with E-state index in [0.29, 0.717) is 34.0 Å². The number of nitrogens with zero attached hydrogens (tertiary/aromatic N) is 2. The van der Waals surface area contributed by atoms with E-state index >= 15 is 0 Å². The van der Waals surface area contributed by atoms with E-state index in [1.165, 1.54) is 16.7 Å². The van der Waals surface area contributed by atoms with Gasteiger partial charge in [0.25, 0.3) is 5.56 Å². The van der Waals surface area contributed by atoms with Crippen LogP contribution in [-0.4, -0.2) is 33.2 Å². The molecule has 0 fully saturated rings. The average molecular weight is 512 g/mol. The number of H-pyrrole nitrogens is 1. The number of allylic oxidation sites excluding steroid dienone is 1. The Balaban J connectivity index is 1.59. The molecule has 1 aliphatic rings. The van der Waals surface area contributed by atoms with E-state index in [0.717, 1.165) is 11.1 Å². The molecule has 5 rings (SSSR count). The topological polar surface area (TPSA) is 127 Å². The normalized spacial score (nSPS) is 15.2. The largest absolute Gasteiger partial charge is 0.478 e. The van der Waals surface area contributed by atoms with Gasteiger partial charge >= 0.3 is 11.9 Å². The highest BCUT2D eigenvalue weighted by molar-refractivity contribution is 5.91. The molecule has 0 bridgehead atoms. The number of esters is 1. The first kappa shape index (κ1) is 24.8. The fourth-order valence-electron chi connectivity index (χ4n) is 4.46. The molecule has 1 unspecified atom stereocenters. The SMILES string of the molecule is CCOC(=O)C1=C(C)N=c2[nH]/c(=C\c3ccc(-c4ccc(C(=O)O)cc4)o3)c(=O)n2C1c1ccc(C)cc1. The molecule has 0 radical (unpaired) electrons. The zero-order chi connectivity index (χ0) is 27.0. The van der Waals surface area contributed by atoms with E-state index in [4.69, 9.17) is 14.3 Å². The summed E-state index contributed by atoms with van der Waals surface area (Å²) in [6, 6.07) is 16.7. The number of aromatic amines is 1. The molecule has 9 heteroatoms. The minimum absolute atomic E-state index is 0.176. The summed E-state index contributed by atoms with van der Waals surface area (Å²) < 4.78 is 12.7. The van der Waals surface area contributed by atoms with Crippen molar-refractivity contribution >= 4 is 18.0 Å². The maximum atomic E-state index is 13.6. The number of rotatable bonds is 6. The maximum absolute atomic E-state index is 13.6. The highest BCUT2D eigenvalue weighted by atomic mass is 16.5. The van der Waals surface area contributed by atoms with Crippen molar-refractivity contribution in [3.05, 3.63) is 116 Å². The van der Waals surface area contributed by atoms with Gasteiger partial charge in [-0.15, -0.1) is 0 Å². The molecular weight excluding hydrogens is 486 g/mol. The fourth-order valence-corrected chi connectivity index (χ4v) is 4.46. The molecule has 0 saturated carbocycles. The van der Waals surface area contributed by atoms with Crippen LogP contribution in [0.25, 0.3) is 17.4 Å². The zero-order valence-electron chi connectivity index (χ0n) is 21.0. The fraction of sp³-hybridized carbons (Fsp3) is 0.172. The number of aromatic nitrogens is 2. The number of carbonyl (C=O) groups is 2. The molecule has 0 aliphatic carbocycles. The Kier molecular flexibility index (Phi) is 6.42. The molecule has 0 amide bonds. The molecule has 192 valence electrons. The van der Waals surface area contributed by atoms with Crippen LogP contribution in [0.1, 0.15) is 47.1 Å². The molecule has 9 nitrogen and oxygen atoms in total. The quantitative estimate of drug-likeness (QED) is 0.383. The lowest BCUT2D eigenvalue weighted by atomic mass is 9.95. The van der Waals surface area contributed by atoms with Gasteiger partial charge in [-0.3, -0.25) is 9.36 Å². The maximum Gasteiger partial charge on any atom is 0.338 e. The smallest absolute Gasteiger partial charge is 0.338 e. The molecule has 0 spiro atoms. The second-order valence-electron chi connectivity index (χ2n) is 8.91. The molecule has 2 aromatic carbocycles. The van der Waals surface area contributed by atoms with Crippen molar-refractivity contribution in [3.8, 4) is 11.3 Å². The zero-order valence-corrected chi connectivity index (χ0v) is 21.0. The number of carboxylic acid groups (broad SMARTS) is 1. The van der Waals surface area contributed by atoms with Gasteiger partial charge in [-0.2, -0.15) is 0 Å². The first-order valence-electron chi connectivity index (χ1n) is 12.1. The standard InChI is InChI=1S/C29H25N3O6/c1-4-37-28(36)24-17(3)30-29-31-22(26(33)32(29)25(24)19-7-5-16(2)6-8-19)15-21-13-14-23(38-21)18-9-11-20(12-10-18)27(34)35/h5-15,25H,4H2,1-3H3,(H,30,31)(H,34,35)/b22-15-. The first-order chi connectivity index (χ1) is 18.3. The van der Waals surface area contributed by atoms with E-state index in [1.807, 2.05) is 31.2 Å². The van der Waals surface area contributed by atoms with Crippen molar-refractivity contribution in [3.63, 3.8) is 0 Å². The van der Waals surface area contributed by atoms with Crippen molar-refractivity contribution in [2.24, 2.45) is 4.99 Å². The van der Waals surface area contributed by atoms with E-state index < -0.39 is 18.0 Å². The first-order valence-corrected chi connectivity index (χ1v) is 12.1. The van der Waals surface area contributed by atoms with Crippen molar-refractivity contribution < 1.29 is 23.8 Å². The van der Waals surface area contributed by atoms with Crippen LogP contribution in [0.3, 0.4) is 0 Å². The number of ether oxygens (including phenoxy) is 1. The van der Waals surface area contributed by atoms with Gasteiger partial charge in [0.05, 0.1) is 29.5 Å². The Morgan fingerprint density at radius 2 is 1.79 bits per heavy atom. The van der Waals surface area contributed by atoms with Crippen molar-refractivity contribution in [2.75, 3.05) is 6.61 Å². The predicted molar refractivity (Wildman–Crippen MR) is 139 cm³/mol. The number of benzene rings is 2. The lowest BCUT2D eigenvalue weighted by Crippen LogP contribution is -2.40. The van der Waals surface area contributed by atoms with E-state index in [1.54, 1.807) is 44.2 Å². The van der Waals surface area contributed by atoms with Crippen LogP contribution in [0, 0.1) is 6.92 Å². The van der Waals surface area contributed by atoms with Crippen LogP contribution in [-0.2, 0) is 9.53 Å². The summed E-state index contributed by atoms with van der Waals surface area (Å²) in [4.78, 5) is 45.3. The minimum atomic E-state index is -1.01. The van der Waals surface area contributed by atoms with Crippen LogP contribution in [0.5, 0.6) is 0 Å². The number of furan rings is 1. The molecule has 4 aromatic rings. The molecule has 1 aliphatic heterocycles. The van der Waals surface area contributed by atoms with Crippen LogP contribution in [0.15, 0.2) is 86.1 Å². The van der Waals surface area contributed by atoms with Crippen molar-refractivity contribution in [1.82, 2.24) is 9.55 Å². The summed E-state index contributed by atoms with van der Waals surface area (Å²) in [6.07, 6.45) is 1.57. The summed E-state index contributed by atoms with van der Waals surface area (Å²) in [5, 5.41) is 9.34. The van der Waals surface area contributed by atoms with Gasteiger partial charge in [0.2, 0.25) is 5.62 Å². The number of aryl methyl sites for hydroxylation is 1.